The molecule has 144 valence electrons. The smallest absolute Gasteiger partial charge is 0.228 e. The van der Waals surface area contributed by atoms with E-state index in [1.54, 1.807) is 0 Å². The molecule has 4 heteroatoms. The van der Waals surface area contributed by atoms with Crippen LogP contribution in [0.1, 0.15) is 42.0 Å². The van der Waals surface area contributed by atoms with Crippen molar-refractivity contribution in [1.29, 1.82) is 0 Å². The molecule has 4 nitrogen and oxygen atoms in total. The van der Waals surface area contributed by atoms with Gasteiger partial charge < -0.3 is 10.6 Å². The van der Waals surface area contributed by atoms with Gasteiger partial charge in [-0.15, -0.1) is 0 Å². The lowest BCUT2D eigenvalue weighted by Crippen LogP contribution is -2.47. The van der Waals surface area contributed by atoms with Gasteiger partial charge in [0.15, 0.2) is 0 Å². The van der Waals surface area contributed by atoms with E-state index in [4.69, 9.17) is 0 Å². The molecule has 1 amide bonds. The second-order valence-electron chi connectivity index (χ2n) is 8.41. The van der Waals surface area contributed by atoms with Gasteiger partial charge in [0.05, 0.1) is 12.0 Å². The summed E-state index contributed by atoms with van der Waals surface area (Å²) in [4.78, 5) is 15.4. The molecule has 3 aliphatic rings. The highest BCUT2D eigenvalue weighted by atomic mass is 16.2. The standard InChI is InChI=1S/C24H27N3O/c1-15(16-7-4-3-5-8-16)26-24(28)18-11-20-19-9-6-10-21-23(19)17(13-25-21)12-22(20)27(2)14-18/h3-11,15,17-18,22,25H,12-14H2,1-2H3,(H,26,28). The number of benzene rings is 2. The first kappa shape index (κ1) is 17.5. The zero-order valence-corrected chi connectivity index (χ0v) is 16.5. The number of rotatable bonds is 3. The van der Waals surface area contributed by atoms with Crippen LogP contribution in [-0.4, -0.2) is 37.0 Å². The van der Waals surface area contributed by atoms with Gasteiger partial charge in [0.2, 0.25) is 5.91 Å². The van der Waals surface area contributed by atoms with Crippen molar-refractivity contribution in [2.75, 3.05) is 25.5 Å². The van der Waals surface area contributed by atoms with E-state index in [-0.39, 0.29) is 17.9 Å². The van der Waals surface area contributed by atoms with Gasteiger partial charge in [0.25, 0.3) is 0 Å². The molecule has 2 aromatic rings. The number of fused-ring (bicyclic) bond motifs is 2. The Hall–Kier alpha value is -2.59. The zero-order valence-electron chi connectivity index (χ0n) is 16.5. The third kappa shape index (κ3) is 2.83. The number of nitrogens with one attached hydrogen (secondary N) is 2. The molecule has 2 heterocycles. The van der Waals surface area contributed by atoms with Crippen molar-refractivity contribution < 1.29 is 4.79 Å². The molecule has 28 heavy (non-hydrogen) atoms. The van der Waals surface area contributed by atoms with Crippen LogP contribution >= 0.6 is 0 Å². The molecule has 0 aromatic heterocycles. The van der Waals surface area contributed by atoms with Gasteiger partial charge in [0.1, 0.15) is 0 Å². The molecule has 0 fully saturated rings. The summed E-state index contributed by atoms with van der Waals surface area (Å²) in [5.74, 6) is 0.574. The molecule has 2 N–H and O–H groups in total. The summed E-state index contributed by atoms with van der Waals surface area (Å²) in [5.41, 5.74) is 6.53. The lowest BCUT2D eigenvalue weighted by atomic mass is 9.74. The molecule has 0 saturated carbocycles. The quantitative estimate of drug-likeness (QED) is 0.860. The summed E-state index contributed by atoms with van der Waals surface area (Å²) in [6.45, 7) is 3.86. The molecule has 2 aliphatic heterocycles. The number of carbonyl (C=O) groups is 1. The number of carbonyl (C=O) groups excluding carboxylic acids is 1. The van der Waals surface area contributed by atoms with Crippen LogP contribution in [0.2, 0.25) is 0 Å². The number of nitrogens with zero attached hydrogens (tertiary/aromatic N) is 1. The minimum absolute atomic E-state index is 0.0102. The predicted octanol–water partition coefficient (Wildman–Crippen LogP) is 3.79. The molecule has 0 saturated heterocycles. The fourth-order valence-electron chi connectivity index (χ4n) is 5.15. The van der Waals surface area contributed by atoms with E-state index in [2.05, 4.69) is 65.9 Å². The SMILES string of the molecule is CC(NC(=O)C1C=C2c3cccc4c3C(CN4)CC2N(C)C1)c1ccccc1. The molecule has 0 spiro atoms. The Morgan fingerprint density at radius 1 is 1.18 bits per heavy atom. The Morgan fingerprint density at radius 2 is 2.00 bits per heavy atom. The van der Waals surface area contributed by atoms with Gasteiger partial charge in [-0.3, -0.25) is 9.69 Å². The van der Waals surface area contributed by atoms with Crippen molar-refractivity contribution in [2.24, 2.45) is 5.92 Å². The number of anilines is 1. The number of amides is 1. The Bertz CT molecular complexity index is 936. The highest BCUT2D eigenvalue weighted by molar-refractivity contribution is 5.87. The van der Waals surface area contributed by atoms with Crippen molar-refractivity contribution in [2.45, 2.75) is 31.3 Å². The maximum Gasteiger partial charge on any atom is 0.228 e. The first-order chi connectivity index (χ1) is 13.6. The van der Waals surface area contributed by atoms with Crippen LogP contribution < -0.4 is 10.6 Å². The van der Waals surface area contributed by atoms with Crippen molar-refractivity contribution in [1.82, 2.24) is 10.2 Å². The largest absolute Gasteiger partial charge is 0.384 e. The molecule has 5 rings (SSSR count). The van der Waals surface area contributed by atoms with E-state index in [0.29, 0.717) is 12.0 Å². The normalized spacial score (nSPS) is 26.5. The van der Waals surface area contributed by atoms with Crippen molar-refractivity contribution in [3.05, 3.63) is 71.3 Å². The van der Waals surface area contributed by atoms with Crippen LogP contribution in [0.25, 0.3) is 5.57 Å². The molecule has 4 unspecified atom stereocenters. The maximum atomic E-state index is 13.1. The predicted molar refractivity (Wildman–Crippen MR) is 113 cm³/mol. The average Bonchev–Trinajstić information content (AvgIpc) is 3.13. The Labute approximate surface area is 166 Å². The Morgan fingerprint density at radius 3 is 2.82 bits per heavy atom. The van der Waals surface area contributed by atoms with Gasteiger partial charge in [-0.2, -0.15) is 0 Å². The lowest BCUT2D eigenvalue weighted by Gasteiger charge is -2.42. The van der Waals surface area contributed by atoms with E-state index in [1.807, 2.05) is 18.2 Å². The van der Waals surface area contributed by atoms with Crippen molar-refractivity contribution in [3.8, 4) is 0 Å². The van der Waals surface area contributed by atoms with Crippen LogP contribution in [0.4, 0.5) is 5.69 Å². The van der Waals surface area contributed by atoms with Crippen LogP contribution in [0.3, 0.4) is 0 Å². The Balaban J connectivity index is 1.43. The molecule has 0 radical (unpaired) electrons. The molecular formula is C24H27N3O. The van der Waals surface area contributed by atoms with E-state index < -0.39 is 0 Å². The highest BCUT2D eigenvalue weighted by Gasteiger charge is 2.40. The second-order valence-corrected chi connectivity index (χ2v) is 8.41. The third-order valence-corrected chi connectivity index (χ3v) is 6.62. The highest BCUT2D eigenvalue weighted by Crippen LogP contribution is 2.48. The average molecular weight is 374 g/mol. The minimum atomic E-state index is -0.121. The maximum absolute atomic E-state index is 13.1. The first-order valence-corrected chi connectivity index (χ1v) is 10.3. The summed E-state index contributed by atoms with van der Waals surface area (Å²) in [7, 11) is 2.16. The summed E-state index contributed by atoms with van der Waals surface area (Å²) in [5, 5.41) is 6.78. The zero-order chi connectivity index (χ0) is 19.3. The number of hydrogen-bond donors (Lipinski definition) is 2. The van der Waals surface area contributed by atoms with Crippen LogP contribution in [0, 0.1) is 5.92 Å². The molecule has 4 atom stereocenters. The Kier molecular flexibility index (Phi) is 4.24. The summed E-state index contributed by atoms with van der Waals surface area (Å²) >= 11 is 0. The fraction of sp³-hybridized carbons (Fsp3) is 0.375. The van der Waals surface area contributed by atoms with Gasteiger partial charge in [0, 0.05) is 30.7 Å². The van der Waals surface area contributed by atoms with E-state index >= 15 is 0 Å². The summed E-state index contributed by atoms with van der Waals surface area (Å²) in [6, 6.07) is 17.1. The molecule has 2 aromatic carbocycles. The summed E-state index contributed by atoms with van der Waals surface area (Å²) in [6.07, 6.45) is 3.37. The lowest BCUT2D eigenvalue weighted by molar-refractivity contribution is -0.125. The van der Waals surface area contributed by atoms with E-state index in [0.717, 1.165) is 25.1 Å². The fourth-order valence-corrected chi connectivity index (χ4v) is 5.15. The van der Waals surface area contributed by atoms with Crippen molar-refractivity contribution in [3.63, 3.8) is 0 Å². The van der Waals surface area contributed by atoms with Gasteiger partial charge in [-0.25, -0.2) is 0 Å². The number of hydrogen-bond acceptors (Lipinski definition) is 3. The molecule has 0 bridgehead atoms. The van der Waals surface area contributed by atoms with Crippen LogP contribution in [-0.2, 0) is 4.79 Å². The van der Waals surface area contributed by atoms with Gasteiger partial charge >= 0.3 is 0 Å². The number of likely N-dealkylation sites (N-methyl/N-ethyl adjacent to an activating group) is 1. The summed E-state index contributed by atoms with van der Waals surface area (Å²) < 4.78 is 0. The van der Waals surface area contributed by atoms with Crippen LogP contribution in [0.5, 0.6) is 0 Å². The van der Waals surface area contributed by atoms with E-state index in [1.165, 1.54) is 22.4 Å². The first-order valence-electron chi connectivity index (χ1n) is 10.3. The van der Waals surface area contributed by atoms with E-state index in [9.17, 15) is 4.79 Å². The van der Waals surface area contributed by atoms with Crippen LogP contribution in [0.15, 0.2) is 54.6 Å². The van der Waals surface area contributed by atoms with Crippen molar-refractivity contribution >= 4 is 17.2 Å². The van der Waals surface area contributed by atoms with Gasteiger partial charge in [-0.05, 0) is 48.7 Å². The molecule has 1 aliphatic carbocycles. The molecular weight excluding hydrogens is 346 g/mol. The van der Waals surface area contributed by atoms with Gasteiger partial charge in [-0.1, -0.05) is 48.5 Å². The third-order valence-electron chi connectivity index (χ3n) is 6.62. The second kappa shape index (κ2) is 6.78. The minimum Gasteiger partial charge on any atom is -0.384 e. The monoisotopic (exact) mass is 373 g/mol. The topological polar surface area (TPSA) is 44.4 Å².